The summed E-state index contributed by atoms with van der Waals surface area (Å²) in [4.78, 5) is 0. The summed E-state index contributed by atoms with van der Waals surface area (Å²) in [5.74, 6) is 6.92. The molecule has 0 heterocycles. The molecule has 6 rings (SSSR count). The first-order valence-corrected chi connectivity index (χ1v) is 10.2. The van der Waals surface area contributed by atoms with Crippen molar-refractivity contribution in [3.63, 3.8) is 0 Å². The van der Waals surface area contributed by atoms with Crippen molar-refractivity contribution in [2.45, 2.75) is 0 Å². The van der Waals surface area contributed by atoms with E-state index in [9.17, 15) is 0 Å². The lowest BCUT2D eigenvalue weighted by Crippen LogP contribution is -1.87. The van der Waals surface area contributed by atoms with Crippen LogP contribution in [0.5, 0.6) is 0 Å². The highest BCUT2D eigenvalue weighted by Gasteiger charge is 2.09. The van der Waals surface area contributed by atoms with Crippen LogP contribution in [0.4, 0.5) is 0 Å². The Labute approximate surface area is 175 Å². The summed E-state index contributed by atoms with van der Waals surface area (Å²) in [6.45, 7) is 0. The lowest BCUT2D eigenvalue weighted by atomic mass is 9.92. The van der Waals surface area contributed by atoms with Crippen LogP contribution in [0.15, 0.2) is 109 Å². The molecule has 6 aromatic rings. The van der Waals surface area contributed by atoms with Gasteiger partial charge in [0, 0.05) is 11.1 Å². The van der Waals surface area contributed by atoms with Crippen molar-refractivity contribution in [3.8, 4) is 11.8 Å². The number of hydrogen-bond acceptors (Lipinski definition) is 0. The minimum atomic E-state index is 1.03. The van der Waals surface area contributed by atoms with Crippen molar-refractivity contribution in [1.82, 2.24) is 0 Å². The first kappa shape index (κ1) is 16.8. The van der Waals surface area contributed by atoms with Crippen LogP contribution in [0.25, 0.3) is 43.1 Å². The molecule has 30 heavy (non-hydrogen) atoms. The summed E-state index contributed by atoms with van der Waals surface area (Å²) < 4.78 is 0. The van der Waals surface area contributed by atoms with Crippen LogP contribution in [0, 0.1) is 11.8 Å². The van der Waals surface area contributed by atoms with Crippen LogP contribution in [0.2, 0.25) is 0 Å². The Balaban J connectivity index is 1.75. The molecule has 0 aliphatic carbocycles. The van der Waals surface area contributed by atoms with Crippen LogP contribution in [-0.4, -0.2) is 0 Å². The van der Waals surface area contributed by atoms with Gasteiger partial charge in [-0.05, 0) is 85.6 Å². The number of benzene rings is 6. The van der Waals surface area contributed by atoms with E-state index >= 15 is 0 Å². The molecule has 0 aliphatic heterocycles. The third kappa shape index (κ3) is 2.81. The fourth-order valence-electron chi connectivity index (χ4n) is 4.29. The number of hydrogen-bond donors (Lipinski definition) is 0. The maximum Gasteiger partial charge on any atom is 0.0406 e. The van der Waals surface area contributed by atoms with Gasteiger partial charge in [0.15, 0.2) is 0 Å². The molecule has 0 atom stereocenters. The van der Waals surface area contributed by atoms with Gasteiger partial charge in [0.05, 0.1) is 0 Å². The zero-order chi connectivity index (χ0) is 19.9. The topological polar surface area (TPSA) is 0 Å². The summed E-state index contributed by atoms with van der Waals surface area (Å²) >= 11 is 0. The summed E-state index contributed by atoms with van der Waals surface area (Å²) in [6.07, 6.45) is 0. The fraction of sp³-hybridized carbons (Fsp3) is 0. The molecule has 0 spiro atoms. The normalized spacial score (nSPS) is 11.1. The van der Waals surface area contributed by atoms with Crippen molar-refractivity contribution >= 4 is 43.1 Å². The number of rotatable bonds is 0. The Kier molecular flexibility index (Phi) is 3.79. The van der Waals surface area contributed by atoms with Gasteiger partial charge in [-0.25, -0.2) is 0 Å². The van der Waals surface area contributed by atoms with Crippen molar-refractivity contribution in [3.05, 3.63) is 120 Å². The highest BCUT2D eigenvalue weighted by Crippen LogP contribution is 2.33. The van der Waals surface area contributed by atoms with Gasteiger partial charge in [-0.3, -0.25) is 0 Å². The molecule has 0 N–H and O–H groups in total. The van der Waals surface area contributed by atoms with E-state index in [1.165, 1.54) is 43.1 Å². The van der Waals surface area contributed by atoms with Gasteiger partial charge in [0.25, 0.3) is 0 Å². The maximum atomic E-state index is 3.53. The molecule has 0 saturated carbocycles. The molecular weight excluding hydrogens is 360 g/mol. The van der Waals surface area contributed by atoms with Crippen LogP contribution in [0.1, 0.15) is 11.1 Å². The highest BCUT2D eigenvalue weighted by atomic mass is 14.1. The summed E-state index contributed by atoms with van der Waals surface area (Å²) in [6, 6.07) is 38.7. The standard InChI is InChI=1S/C30H18/c1-2-8-21(9-3-1)14-15-28-29-19-24-12-6-4-10-22(24)16-26(29)18-27-17-23-11-5-7-13-25(23)20-30(27)28/h1-13,16-20H. The third-order valence-corrected chi connectivity index (χ3v) is 5.79. The molecule has 0 radical (unpaired) electrons. The predicted molar refractivity (Wildman–Crippen MR) is 129 cm³/mol. The molecule has 0 aliphatic rings. The summed E-state index contributed by atoms with van der Waals surface area (Å²) in [5, 5.41) is 9.88. The monoisotopic (exact) mass is 378 g/mol. The second kappa shape index (κ2) is 6.76. The van der Waals surface area contributed by atoms with Crippen molar-refractivity contribution < 1.29 is 0 Å². The van der Waals surface area contributed by atoms with Gasteiger partial charge in [0.1, 0.15) is 0 Å². The van der Waals surface area contributed by atoms with E-state index in [1.54, 1.807) is 0 Å². The van der Waals surface area contributed by atoms with Gasteiger partial charge >= 0.3 is 0 Å². The maximum absolute atomic E-state index is 3.53. The lowest BCUT2D eigenvalue weighted by Gasteiger charge is -2.10. The van der Waals surface area contributed by atoms with E-state index < -0.39 is 0 Å². The van der Waals surface area contributed by atoms with Gasteiger partial charge in [-0.15, -0.1) is 0 Å². The second-order valence-corrected chi connectivity index (χ2v) is 7.71. The summed E-state index contributed by atoms with van der Waals surface area (Å²) in [7, 11) is 0. The SMILES string of the molecule is C(#Cc1c2cc3ccccc3cc2cc2cc3ccccc3cc12)c1ccccc1. The molecule has 0 nitrogen and oxygen atoms in total. The minimum absolute atomic E-state index is 1.03. The van der Waals surface area contributed by atoms with Crippen molar-refractivity contribution in [1.29, 1.82) is 0 Å². The average Bonchev–Trinajstić information content (AvgIpc) is 2.80. The number of fused-ring (bicyclic) bond motifs is 4. The Hall–Kier alpha value is -4.08. The molecule has 0 amide bonds. The molecule has 0 saturated heterocycles. The highest BCUT2D eigenvalue weighted by molar-refractivity contribution is 6.12. The van der Waals surface area contributed by atoms with Crippen molar-refractivity contribution in [2.75, 3.05) is 0 Å². The Bertz CT molecular complexity index is 1530. The molecule has 6 aromatic carbocycles. The van der Waals surface area contributed by atoms with Gasteiger partial charge < -0.3 is 0 Å². The minimum Gasteiger partial charge on any atom is -0.0622 e. The third-order valence-electron chi connectivity index (χ3n) is 5.79. The van der Waals surface area contributed by atoms with E-state index in [0.717, 1.165) is 11.1 Å². The molecule has 0 unspecified atom stereocenters. The smallest absolute Gasteiger partial charge is 0.0406 e. The Morgan fingerprint density at radius 1 is 0.367 bits per heavy atom. The largest absolute Gasteiger partial charge is 0.0622 e. The van der Waals surface area contributed by atoms with E-state index in [0.29, 0.717) is 0 Å². The van der Waals surface area contributed by atoms with E-state index in [-0.39, 0.29) is 0 Å². The zero-order valence-corrected chi connectivity index (χ0v) is 16.4. The predicted octanol–water partition coefficient (Wildman–Crippen LogP) is 7.70. The second-order valence-electron chi connectivity index (χ2n) is 7.71. The Morgan fingerprint density at radius 3 is 1.33 bits per heavy atom. The molecule has 0 aromatic heterocycles. The molecule has 0 fully saturated rings. The van der Waals surface area contributed by atoms with Gasteiger partial charge in [0.2, 0.25) is 0 Å². The first-order chi connectivity index (χ1) is 14.8. The van der Waals surface area contributed by atoms with Crippen molar-refractivity contribution in [2.24, 2.45) is 0 Å². The van der Waals surface area contributed by atoms with Crippen LogP contribution in [-0.2, 0) is 0 Å². The van der Waals surface area contributed by atoms with Crippen LogP contribution >= 0.6 is 0 Å². The van der Waals surface area contributed by atoms with E-state index in [1.807, 2.05) is 18.2 Å². The molecule has 0 bridgehead atoms. The molecule has 0 heteroatoms. The average molecular weight is 378 g/mol. The van der Waals surface area contributed by atoms with Crippen LogP contribution in [0.3, 0.4) is 0 Å². The zero-order valence-electron chi connectivity index (χ0n) is 16.4. The fourth-order valence-corrected chi connectivity index (χ4v) is 4.29. The summed E-state index contributed by atoms with van der Waals surface area (Å²) in [5.41, 5.74) is 2.13. The first-order valence-electron chi connectivity index (χ1n) is 10.2. The van der Waals surface area contributed by atoms with Crippen LogP contribution < -0.4 is 0 Å². The quantitative estimate of drug-likeness (QED) is 0.188. The van der Waals surface area contributed by atoms with Gasteiger partial charge in [-0.1, -0.05) is 78.6 Å². The van der Waals surface area contributed by atoms with E-state index in [4.69, 9.17) is 0 Å². The van der Waals surface area contributed by atoms with E-state index in [2.05, 4.69) is 103 Å². The molecule has 138 valence electrons. The van der Waals surface area contributed by atoms with Gasteiger partial charge in [-0.2, -0.15) is 0 Å². The molecular formula is C30H18. The Morgan fingerprint density at radius 2 is 0.800 bits per heavy atom. The lowest BCUT2D eigenvalue weighted by molar-refractivity contribution is 1.65.